The Labute approximate surface area is 192 Å². The number of benzene rings is 2. The SMILES string of the molecule is COC(=O)C1Cc2ccccc2CN1C(=O)CN1CCN(Cc2ccc(F)cc2Cl)CC1. The molecule has 2 aliphatic rings. The standard InChI is InChI=1S/C24H27ClFN3O3/c1-32-24(31)22-12-17-4-2-3-5-18(17)15-29(22)23(30)16-28-10-8-27(9-11-28)14-19-6-7-20(26)13-21(19)25/h2-7,13,22H,8-12,14-16H2,1H3. The number of nitrogens with zero attached hydrogens (tertiary/aromatic N) is 3. The number of carbonyl (C=O) groups excluding carboxylic acids is 2. The molecular formula is C24H27ClFN3O3. The summed E-state index contributed by atoms with van der Waals surface area (Å²) in [6.45, 7) is 4.36. The van der Waals surface area contributed by atoms with Crippen LogP contribution < -0.4 is 0 Å². The van der Waals surface area contributed by atoms with Crippen LogP contribution >= 0.6 is 11.6 Å². The Hall–Kier alpha value is -2.48. The van der Waals surface area contributed by atoms with Gasteiger partial charge in [-0.25, -0.2) is 9.18 Å². The van der Waals surface area contributed by atoms with Gasteiger partial charge in [0.1, 0.15) is 11.9 Å². The summed E-state index contributed by atoms with van der Waals surface area (Å²) in [7, 11) is 1.36. The largest absolute Gasteiger partial charge is 0.467 e. The second kappa shape index (κ2) is 9.98. The molecule has 0 aromatic heterocycles. The first-order chi connectivity index (χ1) is 15.4. The van der Waals surface area contributed by atoms with E-state index in [1.807, 2.05) is 24.3 Å². The Balaban J connectivity index is 1.35. The van der Waals surface area contributed by atoms with Crippen LogP contribution in [0.5, 0.6) is 0 Å². The van der Waals surface area contributed by atoms with Gasteiger partial charge in [0.15, 0.2) is 0 Å². The molecule has 32 heavy (non-hydrogen) atoms. The minimum absolute atomic E-state index is 0.0649. The molecule has 8 heteroatoms. The van der Waals surface area contributed by atoms with Gasteiger partial charge in [0.05, 0.1) is 13.7 Å². The van der Waals surface area contributed by atoms with E-state index in [1.165, 1.54) is 19.2 Å². The van der Waals surface area contributed by atoms with Crippen molar-refractivity contribution >= 4 is 23.5 Å². The van der Waals surface area contributed by atoms with Crippen LogP contribution in [0.4, 0.5) is 4.39 Å². The van der Waals surface area contributed by atoms with Crippen LogP contribution in [-0.2, 0) is 33.8 Å². The van der Waals surface area contributed by atoms with Crippen molar-refractivity contribution in [3.05, 3.63) is 70.0 Å². The number of ether oxygens (including phenoxy) is 1. The number of hydrogen-bond acceptors (Lipinski definition) is 5. The molecule has 2 heterocycles. The highest BCUT2D eigenvalue weighted by atomic mass is 35.5. The van der Waals surface area contributed by atoms with Crippen molar-refractivity contribution < 1.29 is 18.7 Å². The highest BCUT2D eigenvalue weighted by Gasteiger charge is 2.36. The topological polar surface area (TPSA) is 53.1 Å². The van der Waals surface area contributed by atoms with Crippen molar-refractivity contribution in [1.29, 1.82) is 0 Å². The van der Waals surface area contributed by atoms with Gasteiger partial charge in [-0.1, -0.05) is 41.9 Å². The van der Waals surface area contributed by atoms with Crippen LogP contribution in [0.3, 0.4) is 0 Å². The Morgan fingerprint density at radius 1 is 1.06 bits per heavy atom. The van der Waals surface area contributed by atoms with Gasteiger partial charge in [-0.05, 0) is 28.8 Å². The lowest BCUT2D eigenvalue weighted by molar-refractivity contribution is -0.154. The lowest BCUT2D eigenvalue weighted by Gasteiger charge is -2.38. The molecule has 1 atom stereocenters. The van der Waals surface area contributed by atoms with Crippen molar-refractivity contribution in [1.82, 2.24) is 14.7 Å². The average Bonchev–Trinajstić information content (AvgIpc) is 2.80. The summed E-state index contributed by atoms with van der Waals surface area (Å²) in [6.07, 6.45) is 0.473. The number of rotatable bonds is 5. The number of esters is 1. The van der Waals surface area contributed by atoms with E-state index in [4.69, 9.17) is 16.3 Å². The fraction of sp³-hybridized carbons (Fsp3) is 0.417. The van der Waals surface area contributed by atoms with Crippen LogP contribution in [0.2, 0.25) is 5.02 Å². The minimum atomic E-state index is -0.593. The van der Waals surface area contributed by atoms with E-state index in [1.54, 1.807) is 11.0 Å². The summed E-state index contributed by atoms with van der Waals surface area (Å²) in [5, 5.41) is 0.432. The third-order valence-corrected chi connectivity index (χ3v) is 6.63. The van der Waals surface area contributed by atoms with Gasteiger partial charge in [0.25, 0.3) is 0 Å². The van der Waals surface area contributed by atoms with Gasteiger partial charge in [-0.2, -0.15) is 0 Å². The summed E-state index contributed by atoms with van der Waals surface area (Å²) in [6, 6.07) is 11.8. The van der Waals surface area contributed by atoms with Gasteiger partial charge >= 0.3 is 5.97 Å². The van der Waals surface area contributed by atoms with Crippen LogP contribution in [0, 0.1) is 5.82 Å². The van der Waals surface area contributed by atoms with E-state index in [9.17, 15) is 14.0 Å². The molecule has 0 aliphatic carbocycles. The van der Waals surface area contributed by atoms with Crippen molar-refractivity contribution in [3.63, 3.8) is 0 Å². The van der Waals surface area contributed by atoms with Crippen LogP contribution in [-0.4, -0.2) is 72.5 Å². The summed E-state index contributed by atoms with van der Waals surface area (Å²) in [5.41, 5.74) is 3.05. The summed E-state index contributed by atoms with van der Waals surface area (Å²) in [5.74, 6) is -0.786. The number of methoxy groups -OCH3 is 1. The molecule has 0 radical (unpaired) electrons. The molecule has 1 saturated heterocycles. The Kier molecular flexibility index (Phi) is 7.08. The maximum atomic E-state index is 13.3. The fourth-order valence-electron chi connectivity index (χ4n) is 4.41. The first kappa shape index (κ1) is 22.7. The van der Waals surface area contributed by atoms with Crippen LogP contribution in [0.15, 0.2) is 42.5 Å². The van der Waals surface area contributed by atoms with Crippen molar-refractivity contribution in [2.45, 2.75) is 25.6 Å². The Morgan fingerprint density at radius 2 is 1.75 bits per heavy atom. The predicted octanol–water partition coefficient (Wildman–Crippen LogP) is 2.72. The highest BCUT2D eigenvalue weighted by Crippen LogP contribution is 2.25. The van der Waals surface area contributed by atoms with Gasteiger partial charge in [0.2, 0.25) is 5.91 Å². The van der Waals surface area contributed by atoms with Gasteiger partial charge < -0.3 is 9.64 Å². The molecular weight excluding hydrogens is 433 g/mol. The molecule has 1 unspecified atom stereocenters. The van der Waals surface area contributed by atoms with Gasteiger partial charge in [-0.15, -0.1) is 0 Å². The van der Waals surface area contributed by atoms with Crippen molar-refractivity contribution in [3.8, 4) is 0 Å². The second-order valence-electron chi connectivity index (χ2n) is 8.32. The fourth-order valence-corrected chi connectivity index (χ4v) is 4.64. The smallest absolute Gasteiger partial charge is 0.328 e. The maximum absolute atomic E-state index is 13.3. The molecule has 1 amide bonds. The lowest BCUT2D eigenvalue weighted by atomic mass is 9.94. The molecule has 1 fully saturated rings. The third-order valence-electron chi connectivity index (χ3n) is 6.28. The molecule has 2 aromatic carbocycles. The first-order valence-corrected chi connectivity index (χ1v) is 11.1. The Morgan fingerprint density at radius 3 is 2.44 bits per heavy atom. The monoisotopic (exact) mass is 459 g/mol. The molecule has 0 N–H and O–H groups in total. The highest BCUT2D eigenvalue weighted by molar-refractivity contribution is 6.31. The normalized spacial score (nSPS) is 19.5. The van der Waals surface area contributed by atoms with Gasteiger partial charge in [0, 0.05) is 50.7 Å². The Bertz CT molecular complexity index is 994. The van der Waals surface area contributed by atoms with Crippen LogP contribution in [0.1, 0.15) is 16.7 Å². The van der Waals surface area contributed by atoms with Crippen molar-refractivity contribution in [2.24, 2.45) is 0 Å². The number of hydrogen-bond donors (Lipinski definition) is 0. The maximum Gasteiger partial charge on any atom is 0.328 e. The third kappa shape index (κ3) is 5.11. The zero-order chi connectivity index (χ0) is 22.7. The van der Waals surface area contributed by atoms with E-state index in [2.05, 4.69) is 9.80 Å². The molecule has 0 saturated carbocycles. The quantitative estimate of drug-likeness (QED) is 0.643. The van der Waals surface area contributed by atoms with E-state index in [-0.39, 0.29) is 24.2 Å². The number of carbonyl (C=O) groups is 2. The minimum Gasteiger partial charge on any atom is -0.467 e. The molecule has 0 spiro atoms. The molecule has 6 nitrogen and oxygen atoms in total. The van der Waals surface area contributed by atoms with E-state index < -0.39 is 6.04 Å². The summed E-state index contributed by atoms with van der Waals surface area (Å²) in [4.78, 5) is 31.6. The molecule has 2 aliphatic heterocycles. The van der Waals surface area contributed by atoms with E-state index >= 15 is 0 Å². The first-order valence-electron chi connectivity index (χ1n) is 10.8. The van der Waals surface area contributed by atoms with Gasteiger partial charge in [-0.3, -0.25) is 14.6 Å². The van der Waals surface area contributed by atoms with E-state index in [0.29, 0.717) is 24.5 Å². The zero-order valence-corrected chi connectivity index (χ0v) is 18.9. The number of fused-ring (bicyclic) bond motifs is 1. The molecule has 2 aromatic rings. The summed E-state index contributed by atoms with van der Waals surface area (Å²) >= 11 is 6.15. The number of halogens is 2. The average molecular weight is 460 g/mol. The second-order valence-corrected chi connectivity index (χ2v) is 8.73. The molecule has 170 valence electrons. The summed E-state index contributed by atoms with van der Waals surface area (Å²) < 4.78 is 18.2. The number of amides is 1. The number of piperazine rings is 1. The zero-order valence-electron chi connectivity index (χ0n) is 18.1. The van der Waals surface area contributed by atoms with E-state index in [0.717, 1.165) is 42.9 Å². The lowest BCUT2D eigenvalue weighted by Crippen LogP contribution is -2.54. The van der Waals surface area contributed by atoms with Crippen molar-refractivity contribution in [2.75, 3.05) is 39.8 Å². The molecule has 0 bridgehead atoms. The van der Waals surface area contributed by atoms with Crippen LogP contribution in [0.25, 0.3) is 0 Å². The molecule has 4 rings (SSSR count). The predicted molar refractivity (Wildman–Crippen MR) is 120 cm³/mol.